The third-order valence-corrected chi connectivity index (χ3v) is 3.64. The fourth-order valence-electron chi connectivity index (χ4n) is 1.55. The van der Waals surface area contributed by atoms with Gasteiger partial charge in [-0.2, -0.15) is 0 Å². The van der Waals surface area contributed by atoms with Crippen molar-refractivity contribution in [3.8, 4) is 0 Å². The van der Waals surface area contributed by atoms with Crippen molar-refractivity contribution in [2.75, 3.05) is 5.32 Å². The highest BCUT2D eigenvalue weighted by molar-refractivity contribution is 9.10. The second-order valence-corrected chi connectivity index (χ2v) is 5.27. The zero-order valence-electron chi connectivity index (χ0n) is 10.0. The summed E-state index contributed by atoms with van der Waals surface area (Å²) in [6.45, 7) is 2.30. The number of hydrogen-bond acceptors (Lipinski definition) is 3. The van der Waals surface area contributed by atoms with Gasteiger partial charge in [-0.15, -0.1) is 0 Å². The largest absolute Gasteiger partial charge is 0.475 e. The van der Waals surface area contributed by atoms with Crippen molar-refractivity contribution < 1.29 is 14.3 Å². The van der Waals surface area contributed by atoms with Gasteiger partial charge in [0.15, 0.2) is 0 Å². The minimum absolute atomic E-state index is 0.0715. The van der Waals surface area contributed by atoms with Crippen LogP contribution in [0.5, 0.6) is 0 Å². The molecule has 1 aromatic carbocycles. The molecule has 100 valence electrons. The minimum Gasteiger partial charge on any atom is -0.475 e. The van der Waals surface area contributed by atoms with E-state index in [9.17, 15) is 4.79 Å². The number of furan rings is 1. The number of hydrogen-bond donors (Lipinski definition) is 2. The number of carboxylic acids is 1. The number of carbonyl (C=O) groups is 1. The van der Waals surface area contributed by atoms with Gasteiger partial charge in [0.2, 0.25) is 5.76 Å². The molecular weight excluding hydrogens is 334 g/mol. The molecule has 0 atom stereocenters. The topological polar surface area (TPSA) is 62.5 Å². The first-order valence-corrected chi connectivity index (χ1v) is 6.66. The van der Waals surface area contributed by atoms with E-state index in [-0.39, 0.29) is 5.76 Å². The van der Waals surface area contributed by atoms with Gasteiger partial charge in [-0.3, -0.25) is 0 Å². The van der Waals surface area contributed by atoms with E-state index >= 15 is 0 Å². The zero-order chi connectivity index (χ0) is 14.0. The highest BCUT2D eigenvalue weighted by Gasteiger charge is 2.09. The molecule has 1 aromatic heterocycles. The highest BCUT2D eigenvalue weighted by Crippen LogP contribution is 2.29. The fourth-order valence-corrected chi connectivity index (χ4v) is 2.31. The lowest BCUT2D eigenvalue weighted by molar-refractivity contribution is 0.0660. The van der Waals surface area contributed by atoms with E-state index in [1.807, 2.05) is 19.1 Å². The molecule has 19 heavy (non-hydrogen) atoms. The molecule has 0 bridgehead atoms. The van der Waals surface area contributed by atoms with Crippen LogP contribution in [0.3, 0.4) is 0 Å². The van der Waals surface area contributed by atoms with Crippen LogP contribution >= 0.6 is 27.5 Å². The summed E-state index contributed by atoms with van der Waals surface area (Å²) in [4.78, 5) is 10.7. The Labute approximate surface area is 123 Å². The Hall–Kier alpha value is -1.46. The van der Waals surface area contributed by atoms with E-state index in [1.165, 1.54) is 6.07 Å². The van der Waals surface area contributed by atoms with Crippen LogP contribution in [0, 0.1) is 6.92 Å². The summed E-state index contributed by atoms with van der Waals surface area (Å²) in [6.07, 6.45) is 0. The second kappa shape index (κ2) is 5.67. The number of aromatic carboxylic acids is 1. The van der Waals surface area contributed by atoms with Crippen LogP contribution in [0.1, 0.15) is 21.9 Å². The molecule has 2 aromatic rings. The van der Waals surface area contributed by atoms with Crippen LogP contribution in [0.15, 0.2) is 33.2 Å². The molecule has 4 nitrogen and oxygen atoms in total. The number of anilines is 1. The van der Waals surface area contributed by atoms with E-state index in [1.54, 1.807) is 6.07 Å². The monoisotopic (exact) mass is 343 g/mol. The van der Waals surface area contributed by atoms with Crippen LogP contribution in [0.25, 0.3) is 0 Å². The van der Waals surface area contributed by atoms with E-state index < -0.39 is 5.97 Å². The first-order chi connectivity index (χ1) is 8.97. The number of nitrogens with one attached hydrogen (secondary N) is 1. The number of carboxylic acid groups (broad SMARTS) is 1. The van der Waals surface area contributed by atoms with Crippen LogP contribution in [-0.4, -0.2) is 11.1 Å². The van der Waals surface area contributed by atoms with Gasteiger partial charge in [0.25, 0.3) is 0 Å². The number of rotatable bonds is 4. The van der Waals surface area contributed by atoms with E-state index in [2.05, 4.69) is 21.2 Å². The minimum atomic E-state index is -1.08. The summed E-state index contributed by atoms with van der Waals surface area (Å²) in [6, 6.07) is 6.77. The van der Waals surface area contributed by atoms with E-state index in [4.69, 9.17) is 21.1 Å². The molecule has 1 heterocycles. The average Bonchev–Trinajstić information content (AvgIpc) is 2.81. The predicted molar refractivity (Wildman–Crippen MR) is 76.9 cm³/mol. The molecular formula is C13H11BrClNO3. The van der Waals surface area contributed by atoms with Gasteiger partial charge in [0.05, 0.1) is 12.2 Å². The lowest BCUT2D eigenvalue weighted by atomic mass is 10.2. The summed E-state index contributed by atoms with van der Waals surface area (Å²) >= 11 is 9.49. The van der Waals surface area contributed by atoms with Crippen molar-refractivity contribution in [3.63, 3.8) is 0 Å². The Bertz CT molecular complexity index is 624. The maximum Gasteiger partial charge on any atom is 0.371 e. The zero-order valence-corrected chi connectivity index (χ0v) is 12.4. The quantitative estimate of drug-likeness (QED) is 0.867. The van der Waals surface area contributed by atoms with Gasteiger partial charge >= 0.3 is 5.97 Å². The van der Waals surface area contributed by atoms with Gasteiger partial charge < -0.3 is 14.8 Å². The van der Waals surface area contributed by atoms with Crippen molar-refractivity contribution in [3.05, 3.63) is 50.8 Å². The lowest BCUT2D eigenvalue weighted by Crippen LogP contribution is -1.99. The molecule has 0 saturated heterocycles. The van der Waals surface area contributed by atoms with Gasteiger partial charge in [-0.1, -0.05) is 11.6 Å². The smallest absolute Gasteiger partial charge is 0.371 e. The molecule has 2 rings (SSSR count). The Balaban J connectivity index is 2.09. The van der Waals surface area contributed by atoms with Gasteiger partial charge in [0.1, 0.15) is 5.76 Å². The average molecular weight is 345 g/mol. The van der Waals surface area contributed by atoms with Crippen molar-refractivity contribution in [1.82, 2.24) is 0 Å². The molecule has 0 spiro atoms. The maximum absolute atomic E-state index is 10.7. The Morgan fingerprint density at radius 3 is 2.84 bits per heavy atom. The van der Waals surface area contributed by atoms with Crippen molar-refractivity contribution >= 4 is 39.2 Å². The summed E-state index contributed by atoms with van der Waals surface area (Å²) in [7, 11) is 0. The first kappa shape index (κ1) is 14.0. The molecule has 0 unspecified atom stereocenters. The van der Waals surface area contributed by atoms with Crippen molar-refractivity contribution in [2.24, 2.45) is 0 Å². The van der Waals surface area contributed by atoms with Crippen molar-refractivity contribution in [2.45, 2.75) is 13.5 Å². The molecule has 0 radical (unpaired) electrons. The Kier molecular flexibility index (Phi) is 4.17. The van der Waals surface area contributed by atoms with E-state index in [0.29, 0.717) is 17.3 Å². The molecule has 6 heteroatoms. The van der Waals surface area contributed by atoms with Gasteiger partial charge in [-0.05, 0) is 52.7 Å². The second-order valence-electron chi connectivity index (χ2n) is 4.01. The Morgan fingerprint density at radius 1 is 1.47 bits per heavy atom. The lowest BCUT2D eigenvalue weighted by Gasteiger charge is -2.09. The molecule has 0 saturated carbocycles. The number of aryl methyl sites for hydroxylation is 1. The Morgan fingerprint density at radius 2 is 2.21 bits per heavy atom. The summed E-state index contributed by atoms with van der Waals surface area (Å²) in [5, 5.41) is 12.6. The van der Waals surface area contributed by atoms with Crippen LogP contribution in [0.2, 0.25) is 5.02 Å². The van der Waals surface area contributed by atoms with Gasteiger partial charge in [0, 0.05) is 9.50 Å². The van der Waals surface area contributed by atoms with Crippen molar-refractivity contribution in [1.29, 1.82) is 0 Å². The van der Waals surface area contributed by atoms with E-state index in [0.717, 1.165) is 15.7 Å². The molecule has 0 aliphatic rings. The van der Waals surface area contributed by atoms with Crippen LogP contribution < -0.4 is 5.32 Å². The molecule has 0 amide bonds. The summed E-state index contributed by atoms with van der Waals surface area (Å²) in [5.74, 6) is -0.607. The predicted octanol–water partition coefficient (Wildman–Crippen LogP) is 4.31. The molecule has 0 aliphatic heterocycles. The summed E-state index contributed by atoms with van der Waals surface area (Å²) in [5.41, 5.74) is 1.80. The highest BCUT2D eigenvalue weighted by atomic mass is 79.9. The molecule has 0 fully saturated rings. The maximum atomic E-state index is 10.7. The third kappa shape index (κ3) is 3.30. The third-order valence-electron chi connectivity index (χ3n) is 2.57. The van der Waals surface area contributed by atoms with Crippen LogP contribution in [-0.2, 0) is 6.54 Å². The molecule has 2 N–H and O–H groups in total. The SMILES string of the molecule is Cc1cc(Br)c(NCc2ccc(C(=O)O)o2)cc1Cl. The normalized spacial score (nSPS) is 10.5. The fraction of sp³-hybridized carbons (Fsp3) is 0.154. The number of halogens is 2. The molecule has 0 aliphatic carbocycles. The standard InChI is InChI=1S/C13H11BrClNO3/c1-7-4-9(14)11(5-10(7)15)16-6-8-2-3-12(19-8)13(17)18/h2-5,16H,6H2,1H3,(H,17,18). The van der Waals surface area contributed by atoms with Gasteiger partial charge in [-0.25, -0.2) is 4.79 Å². The van der Waals surface area contributed by atoms with Crippen LogP contribution in [0.4, 0.5) is 5.69 Å². The summed E-state index contributed by atoms with van der Waals surface area (Å²) < 4.78 is 6.04. The number of benzene rings is 1. The first-order valence-electron chi connectivity index (χ1n) is 5.49.